The van der Waals surface area contributed by atoms with E-state index in [0.717, 1.165) is 0 Å². The van der Waals surface area contributed by atoms with Gasteiger partial charge in [-0.05, 0) is 0 Å². The van der Waals surface area contributed by atoms with E-state index in [9.17, 15) is 14.4 Å². The van der Waals surface area contributed by atoms with Crippen LogP contribution in [-0.4, -0.2) is 49.4 Å². The molecule has 0 atom stereocenters. The Morgan fingerprint density at radius 2 is 1.12 bits per heavy atom. The first kappa shape index (κ1) is 31.0. The molecule has 0 heterocycles. The van der Waals surface area contributed by atoms with Crippen molar-refractivity contribution in [3.63, 3.8) is 0 Å². The van der Waals surface area contributed by atoms with Crippen LogP contribution in [0.25, 0.3) is 0 Å². The van der Waals surface area contributed by atoms with Crippen molar-refractivity contribution in [2.75, 3.05) is 0 Å². The third-order valence-electron chi connectivity index (χ3n) is 1.29. The number of rotatable bonds is 5. The molecule has 0 spiro atoms. The molecule has 0 radical (unpaired) electrons. The molecule has 0 fully saturated rings. The monoisotopic (exact) mass is 282 g/mol. The maximum absolute atomic E-state index is 10.3. The molecule has 0 saturated carbocycles. The van der Waals surface area contributed by atoms with Crippen LogP contribution in [-0.2, 0) is 14.4 Å². The Morgan fingerprint density at radius 3 is 1.24 bits per heavy atom. The van der Waals surface area contributed by atoms with Crippen molar-refractivity contribution in [3.05, 3.63) is 0 Å². The van der Waals surface area contributed by atoms with Crippen molar-refractivity contribution < 1.29 is 133 Å². The van der Waals surface area contributed by atoms with E-state index in [1.807, 2.05) is 0 Å². The van der Waals surface area contributed by atoms with Gasteiger partial charge in [-0.1, -0.05) is 0 Å². The first-order chi connectivity index (χ1) is 5.78. The molecule has 0 aromatic rings. The fraction of sp³-hybridized carbons (Fsp3) is 0.500. The molecular formula is C6H13Na3O8. The second kappa shape index (κ2) is 13.8. The zero-order chi connectivity index (χ0) is 10.6. The van der Waals surface area contributed by atoms with Gasteiger partial charge in [0.25, 0.3) is 0 Å². The maximum Gasteiger partial charge on any atom is 1.00 e. The third-order valence-corrected chi connectivity index (χ3v) is 1.29. The van der Waals surface area contributed by atoms with Gasteiger partial charge in [-0.25, -0.2) is 4.79 Å². The van der Waals surface area contributed by atoms with Gasteiger partial charge in [0.2, 0.25) is 0 Å². The van der Waals surface area contributed by atoms with E-state index >= 15 is 0 Å². The Bertz CT molecular complexity index is 252. The van der Waals surface area contributed by atoms with Gasteiger partial charge >= 0.3 is 107 Å². The number of hydrogen-bond acceptors (Lipinski definition) is 4. The Kier molecular flexibility index (Phi) is 25.1. The number of carboxylic acid groups (broad SMARTS) is 3. The Morgan fingerprint density at radius 1 is 0.882 bits per heavy atom. The molecule has 0 saturated heterocycles. The summed E-state index contributed by atoms with van der Waals surface area (Å²) >= 11 is 0. The molecule has 11 heteroatoms. The summed E-state index contributed by atoms with van der Waals surface area (Å²) in [7, 11) is 0. The molecule has 0 aromatic carbocycles. The summed E-state index contributed by atoms with van der Waals surface area (Å²) in [5.41, 5.74) is -2.74. The van der Waals surface area contributed by atoms with Gasteiger partial charge in [-0.2, -0.15) is 0 Å². The molecule has 6 N–H and O–H groups in total. The standard InChI is InChI=1S/C6H8O7.3Na.H2O.3H/c7-3(8)1-6(13,5(11)12)2-4(9)10;;;;;;;/h13H,1-2H2,(H,7,8)(H,9,10)(H,11,12);;;;1H2;;;/q;3*+1;;3*-1. The molecule has 0 bridgehead atoms. The van der Waals surface area contributed by atoms with Gasteiger partial charge in [-0.3, -0.25) is 9.59 Å². The molecule has 0 aliphatic carbocycles. The second-order valence-electron chi connectivity index (χ2n) is 2.48. The quantitative estimate of drug-likeness (QED) is 0.363. The number of carboxylic acids is 3. The topological polar surface area (TPSA) is 164 Å². The van der Waals surface area contributed by atoms with E-state index in [0.29, 0.717) is 0 Å². The van der Waals surface area contributed by atoms with E-state index in [2.05, 4.69) is 0 Å². The van der Waals surface area contributed by atoms with Crippen molar-refractivity contribution in [1.82, 2.24) is 0 Å². The Hall–Kier alpha value is 1.33. The van der Waals surface area contributed by atoms with E-state index in [4.69, 9.17) is 20.4 Å². The molecular weight excluding hydrogens is 269 g/mol. The largest absolute Gasteiger partial charge is 1.00 e. The second-order valence-corrected chi connectivity index (χ2v) is 2.48. The first-order valence-electron chi connectivity index (χ1n) is 3.17. The SMILES string of the molecule is O.O=C(O)CC(O)(CC(=O)O)C(=O)O.[H-].[H-].[H-].[Na+].[Na+].[Na+]. The van der Waals surface area contributed by atoms with Crippen LogP contribution in [0.1, 0.15) is 17.1 Å². The van der Waals surface area contributed by atoms with Gasteiger partial charge < -0.3 is 30.2 Å². The summed E-state index contributed by atoms with van der Waals surface area (Å²) in [5.74, 6) is -5.02. The van der Waals surface area contributed by atoms with Crippen LogP contribution in [0.15, 0.2) is 0 Å². The van der Waals surface area contributed by atoms with Gasteiger partial charge in [-0.15, -0.1) is 0 Å². The van der Waals surface area contributed by atoms with E-state index in [1.165, 1.54) is 0 Å². The van der Waals surface area contributed by atoms with Crippen molar-refractivity contribution in [1.29, 1.82) is 0 Å². The van der Waals surface area contributed by atoms with Crippen molar-refractivity contribution >= 4 is 17.9 Å². The fourth-order valence-corrected chi connectivity index (χ4v) is 0.714. The average Bonchev–Trinajstić information content (AvgIpc) is 1.82. The molecule has 0 aliphatic heterocycles. The minimum Gasteiger partial charge on any atom is -1.00 e. The summed E-state index contributed by atoms with van der Waals surface area (Å²) in [6, 6.07) is 0. The average molecular weight is 282 g/mol. The van der Waals surface area contributed by atoms with Crippen LogP contribution >= 0.6 is 0 Å². The van der Waals surface area contributed by atoms with Gasteiger partial charge in [0.1, 0.15) is 0 Å². The summed E-state index contributed by atoms with van der Waals surface area (Å²) in [4.78, 5) is 30.5. The Balaban J connectivity index is -0.0000000343. The smallest absolute Gasteiger partial charge is 1.00 e. The van der Waals surface area contributed by atoms with Gasteiger partial charge in [0, 0.05) is 0 Å². The zero-order valence-corrected chi connectivity index (χ0v) is 15.9. The molecule has 8 nitrogen and oxygen atoms in total. The normalized spacial score (nSPS) is 8.29. The molecule has 0 aliphatic rings. The number of aliphatic carboxylic acids is 3. The Labute approximate surface area is 167 Å². The van der Waals surface area contributed by atoms with Crippen LogP contribution in [0, 0.1) is 0 Å². The molecule has 88 valence electrons. The molecule has 17 heavy (non-hydrogen) atoms. The van der Waals surface area contributed by atoms with E-state index < -0.39 is 36.4 Å². The minimum atomic E-state index is -2.74. The maximum atomic E-state index is 10.3. The van der Waals surface area contributed by atoms with Crippen molar-refractivity contribution in [3.8, 4) is 0 Å². The first-order valence-corrected chi connectivity index (χ1v) is 3.17. The summed E-state index contributed by atoms with van der Waals surface area (Å²) in [6.45, 7) is 0. The summed E-state index contributed by atoms with van der Waals surface area (Å²) in [5, 5.41) is 33.8. The van der Waals surface area contributed by atoms with E-state index in [1.54, 1.807) is 0 Å². The van der Waals surface area contributed by atoms with Gasteiger partial charge in [0.05, 0.1) is 12.8 Å². The molecule has 0 rings (SSSR count). The van der Waals surface area contributed by atoms with Crippen LogP contribution in [0.5, 0.6) is 0 Å². The number of aliphatic hydroxyl groups is 1. The summed E-state index contributed by atoms with van der Waals surface area (Å²) < 4.78 is 0. The number of carbonyl (C=O) groups is 3. The molecule has 0 aromatic heterocycles. The van der Waals surface area contributed by atoms with Crippen molar-refractivity contribution in [2.24, 2.45) is 0 Å². The van der Waals surface area contributed by atoms with Crippen LogP contribution < -0.4 is 88.7 Å². The molecule has 0 unspecified atom stereocenters. The van der Waals surface area contributed by atoms with E-state index in [-0.39, 0.29) is 98.4 Å². The van der Waals surface area contributed by atoms with Crippen LogP contribution in [0.4, 0.5) is 0 Å². The minimum absolute atomic E-state index is 0. The van der Waals surface area contributed by atoms with Crippen LogP contribution in [0.2, 0.25) is 0 Å². The zero-order valence-electron chi connectivity index (χ0n) is 12.9. The predicted octanol–water partition coefficient (Wildman–Crippen LogP) is -10.7. The van der Waals surface area contributed by atoms with Crippen LogP contribution in [0.3, 0.4) is 0 Å². The summed E-state index contributed by atoms with van der Waals surface area (Å²) in [6.07, 6.45) is -2.29. The molecule has 0 amide bonds. The predicted molar refractivity (Wildman–Crippen MR) is 44.0 cm³/mol. The van der Waals surface area contributed by atoms with Gasteiger partial charge in [0.15, 0.2) is 5.60 Å². The third kappa shape index (κ3) is 13.6. The van der Waals surface area contributed by atoms with Crippen molar-refractivity contribution in [2.45, 2.75) is 18.4 Å². The number of hydrogen-bond donors (Lipinski definition) is 4. The fourth-order valence-electron chi connectivity index (χ4n) is 0.714.